The van der Waals surface area contributed by atoms with Gasteiger partial charge in [0.05, 0.1) is 32.0 Å². The second kappa shape index (κ2) is 12.3. The van der Waals surface area contributed by atoms with E-state index in [0.29, 0.717) is 61.6 Å². The van der Waals surface area contributed by atoms with Crippen LogP contribution in [0.15, 0.2) is 36.4 Å². The van der Waals surface area contributed by atoms with Crippen LogP contribution in [-0.4, -0.2) is 67.7 Å². The van der Waals surface area contributed by atoms with Crippen molar-refractivity contribution in [1.82, 2.24) is 14.9 Å². The van der Waals surface area contributed by atoms with Crippen molar-refractivity contribution in [2.45, 2.75) is 40.2 Å². The highest BCUT2D eigenvalue weighted by Gasteiger charge is 2.26. The molecule has 1 saturated heterocycles. The van der Waals surface area contributed by atoms with E-state index in [1.807, 2.05) is 25.1 Å². The van der Waals surface area contributed by atoms with E-state index in [-0.39, 0.29) is 12.5 Å². The third-order valence-corrected chi connectivity index (χ3v) is 7.15. The average Bonchev–Trinajstić information content (AvgIpc) is 2.92. The molecular weight excluding hydrogens is 494 g/mol. The van der Waals surface area contributed by atoms with E-state index in [2.05, 4.69) is 48.8 Å². The fourth-order valence-corrected chi connectivity index (χ4v) is 4.81. The summed E-state index contributed by atoms with van der Waals surface area (Å²) in [6.07, 6.45) is 0. The zero-order valence-electron chi connectivity index (χ0n) is 23.8. The van der Waals surface area contributed by atoms with Crippen LogP contribution in [0.25, 0.3) is 11.4 Å². The summed E-state index contributed by atoms with van der Waals surface area (Å²) in [5.41, 5.74) is 10.2. The Kier molecular flexibility index (Phi) is 8.91. The van der Waals surface area contributed by atoms with Gasteiger partial charge in [-0.25, -0.2) is 9.97 Å². The highest BCUT2D eigenvalue weighted by Crippen LogP contribution is 2.38. The van der Waals surface area contributed by atoms with Crippen molar-refractivity contribution in [3.63, 3.8) is 0 Å². The molecule has 9 heteroatoms. The Balaban J connectivity index is 1.74. The predicted molar refractivity (Wildman–Crippen MR) is 153 cm³/mol. The largest absolute Gasteiger partial charge is 0.496 e. The molecule has 1 aliphatic heterocycles. The minimum absolute atomic E-state index is 0.252. The maximum absolute atomic E-state index is 11.5. The molecule has 9 nitrogen and oxygen atoms in total. The summed E-state index contributed by atoms with van der Waals surface area (Å²) < 4.78 is 17.7. The smallest absolute Gasteiger partial charge is 0.231 e. The molecule has 2 heterocycles. The van der Waals surface area contributed by atoms with Crippen LogP contribution in [0.4, 0.5) is 5.82 Å². The molecule has 0 aliphatic carbocycles. The van der Waals surface area contributed by atoms with Crippen LogP contribution in [-0.2, 0) is 11.4 Å². The van der Waals surface area contributed by atoms with E-state index >= 15 is 0 Å². The van der Waals surface area contributed by atoms with Gasteiger partial charge in [-0.15, -0.1) is 0 Å². The number of methoxy groups -OCH3 is 2. The third-order valence-electron chi connectivity index (χ3n) is 7.15. The molecule has 4 rings (SSSR count). The normalized spacial score (nSPS) is 14.0. The lowest BCUT2D eigenvalue weighted by molar-refractivity contribution is -0.119. The lowest BCUT2D eigenvalue weighted by atomic mass is 10.0. The number of carbonyl (C=O) groups excluding carboxylic acids is 1. The van der Waals surface area contributed by atoms with Crippen molar-refractivity contribution in [2.75, 3.05) is 51.8 Å². The molecule has 1 amide bonds. The van der Waals surface area contributed by atoms with Crippen molar-refractivity contribution in [3.05, 3.63) is 58.8 Å². The Morgan fingerprint density at radius 1 is 0.974 bits per heavy atom. The summed E-state index contributed by atoms with van der Waals surface area (Å²) in [5, 5.41) is 0. The molecule has 1 aliphatic rings. The van der Waals surface area contributed by atoms with Crippen molar-refractivity contribution in [1.29, 1.82) is 0 Å². The number of nitrogens with two attached hydrogens (primary N) is 1. The molecule has 2 N–H and O–H groups in total. The number of benzene rings is 2. The third kappa shape index (κ3) is 6.42. The van der Waals surface area contributed by atoms with Crippen LogP contribution in [0.2, 0.25) is 0 Å². The molecular formula is C30H39N5O4. The molecule has 1 fully saturated rings. The summed E-state index contributed by atoms with van der Waals surface area (Å²) in [6.45, 7) is 11.8. The Morgan fingerprint density at radius 2 is 1.64 bits per heavy atom. The lowest BCUT2D eigenvalue weighted by Crippen LogP contribution is -2.49. The number of rotatable bonds is 10. The number of hydrogen-bond donors (Lipinski definition) is 1. The van der Waals surface area contributed by atoms with Gasteiger partial charge in [-0.1, -0.05) is 32.0 Å². The first-order chi connectivity index (χ1) is 18.7. The zero-order valence-corrected chi connectivity index (χ0v) is 23.8. The number of ether oxygens (including phenoxy) is 3. The number of piperazine rings is 1. The number of amides is 1. The van der Waals surface area contributed by atoms with Crippen LogP contribution < -0.4 is 24.8 Å². The van der Waals surface area contributed by atoms with Crippen LogP contribution in [0.5, 0.6) is 17.2 Å². The summed E-state index contributed by atoms with van der Waals surface area (Å²) in [7, 11) is 3.25. The standard InChI is InChI=1S/C30H39N5O4/c1-19(2)22-11-10-20(3)26(16-22)39-18-23-21(4)32-29(28-24(37-5)8-7-9-25(28)38-6)33-30(23)35-14-12-34(13-15-35)17-27(31)36/h7-11,16,19H,12-15,17-18H2,1-6H3,(H2,31,36). The van der Waals surface area contributed by atoms with Gasteiger partial charge in [0.15, 0.2) is 5.82 Å². The Bertz CT molecular complexity index is 1300. The maximum atomic E-state index is 11.5. The van der Waals surface area contributed by atoms with Gasteiger partial charge in [0.1, 0.15) is 35.2 Å². The van der Waals surface area contributed by atoms with Gasteiger partial charge in [0.25, 0.3) is 0 Å². The first-order valence-corrected chi connectivity index (χ1v) is 13.3. The fraction of sp³-hybridized carbons (Fsp3) is 0.433. The molecule has 1 aromatic heterocycles. The predicted octanol–water partition coefficient (Wildman–Crippen LogP) is 4.09. The second-order valence-corrected chi connectivity index (χ2v) is 10.2. The van der Waals surface area contributed by atoms with Crippen LogP contribution >= 0.6 is 0 Å². The quantitative estimate of drug-likeness (QED) is 0.416. The van der Waals surface area contributed by atoms with Gasteiger partial charge in [-0.2, -0.15) is 0 Å². The molecule has 0 radical (unpaired) electrons. The highest BCUT2D eigenvalue weighted by molar-refractivity contribution is 5.76. The topological polar surface area (TPSA) is 103 Å². The van der Waals surface area contributed by atoms with Crippen LogP contribution in [0, 0.1) is 13.8 Å². The molecule has 0 bridgehead atoms. The molecule has 0 atom stereocenters. The summed E-state index contributed by atoms with van der Waals surface area (Å²) in [6, 6.07) is 12.0. The van der Waals surface area contributed by atoms with Crippen molar-refractivity contribution in [3.8, 4) is 28.6 Å². The Hall–Kier alpha value is -3.85. The average molecular weight is 534 g/mol. The molecule has 3 aromatic rings. The second-order valence-electron chi connectivity index (χ2n) is 10.2. The van der Waals surface area contributed by atoms with E-state index in [9.17, 15) is 4.79 Å². The van der Waals surface area contributed by atoms with E-state index in [1.165, 1.54) is 5.56 Å². The summed E-state index contributed by atoms with van der Waals surface area (Å²) in [5.74, 6) is 3.54. The first kappa shape index (κ1) is 28.2. The van der Waals surface area contributed by atoms with E-state index in [0.717, 1.165) is 28.4 Å². The lowest BCUT2D eigenvalue weighted by Gasteiger charge is -2.36. The number of nitrogens with zero attached hydrogens (tertiary/aromatic N) is 4. The monoisotopic (exact) mass is 533 g/mol. The Morgan fingerprint density at radius 3 is 2.23 bits per heavy atom. The number of carbonyl (C=O) groups is 1. The van der Waals surface area contributed by atoms with Crippen LogP contribution in [0.3, 0.4) is 0 Å². The maximum Gasteiger partial charge on any atom is 0.231 e. The van der Waals surface area contributed by atoms with E-state index < -0.39 is 0 Å². The number of aryl methyl sites for hydroxylation is 2. The van der Waals surface area contributed by atoms with Gasteiger partial charge in [-0.3, -0.25) is 9.69 Å². The van der Waals surface area contributed by atoms with Crippen LogP contribution in [0.1, 0.15) is 42.1 Å². The highest BCUT2D eigenvalue weighted by atomic mass is 16.5. The van der Waals surface area contributed by atoms with Gasteiger partial charge in [-0.05, 0) is 49.1 Å². The molecule has 2 aromatic carbocycles. The molecule has 0 spiro atoms. The van der Waals surface area contributed by atoms with Gasteiger partial charge >= 0.3 is 0 Å². The minimum atomic E-state index is -0.319. The van der Waals surface area contributed by atoms with Gasteiger partial charge in [0, 0.05) is 26.2 Å². The molecule has 0 unspecified atom stereocenters. The van der Waals surface area contributed by atoms with E-state index in [1.54, 1.807) is 14.2 Å². The van der Waals surface area contributed by atoms with Crippen molar-refractivity contribution in [2.24, 2.45) is 5.73 Å². The first-order valence-electron chi connectivity index (χ1n) is 13.3. The van der Waals surface area contributed by atoms with Gasteiger partial charge < -0.3 is 24.8 Å². The number of hydrogen-bond acceptors (Lipinski definition) is 8. The summed E-state index contributed by atoms with van der Waals surface area (Å²) >= 11 is 0. The summed E-state index contributed by atoms with van der Waals surface area (Å²) in [4.78, 5) is 25.7. The number of anilines is 1. The van der Waals surface area contributed by atoms with Crippen molar-refractivity contribution >= 4 is 11.7 Å². The minimum Gasteiger partial charge on any atom is -0.496 e. The number of aromatic nitrogens is 2. The fourth-order valence-electron chi connectivity index (χ4n) is 4.81. The number of primary amides is 1. The van der Waals surface area contributed by atoms with Crippen molar-refractivity contribution < 1.29 is 19.0 Å². The van der Waals surface area contributed by atoms with E-state index in [4.69, 9.17) is 29.9 Å². The molecule has 208 valence electrons. The van der Waals surface area contributed by atoms with Gasteiger partial charge in [0.2, 0.25) is 5.91 Å². The molecule has 39 heavy (non-hydrogen) atoms. The molecule has 0 saturated carbocycles. The zero-order chi connectivity index (χ0) is 28.1. The Labute approximate surface area is 230 Å². The SMILES string of the molecule is COc1cccc(OC)c1-c1nc(C)c(COc2cc(C(C)C)ccc2C)c(N2CCN(CC(N)=O)CC2)n1.